The molecule has 0 saturated heterocycles. The van der Waals surface area contributed by atoms with E-state index in [1.54, 1.807) is 12.1 Å². The Bertz CT molecular complexity index is 907. The molecule has 0 aliphatic carbocycles. The molecule has 0 atom stereocenters. The van der Waals surface area contributed by atoms with Crippen molar-refractivity contribution in [3.8, 4) is 11.3 Å². The molecule has 1 N–H and O–H groups in total. The zero-order valence-electron chi connectivity index (χ0n) is 13.4. The fourth-order valence-corrected chi connectivity index (χ4v) is 3.67. The molecule has 25 heavy (non-hydrogen) atoms. The number of carbonyl (C=O) groups excluding carboxylic acids is 1. The number of anilines is 2. The lowest BCUT2D eigenvalue weighted by Crippen LogP contribution is -2.34. The minimum Gasteiger partial charge on any atom is -0.352 e. The van der Waals surface area contributed by atoms with Gasteiger partial charge in [-0.1, -0.05) is 18.2 Å². The number of rotatable bonds is 4. The highest BCUT2D eigenvalue weighted by Gasteiger charge is 2.23. The third kappa shape index (κ3) is 3.25. The first-order valence-corrected chi connectivity index (χ1v) is 8.92. The predicted molar refractivity (Wildman–Crippen MR) is 98.5 cm³/mol. The third-order valence-electron chi connectivity index (χ3n) is 4.22. The number of fused-ring (bicyclic) bond motifs is 1. The van der Waals surface area contributed by atoms with Gasteiger partial charge in [0.25, 0.3) is 0 Å². The number of thiazole rings is 1. The summed E-state index contributed by atoms with van der Waals surface area (Å²) in [5.41, 5.74) is 3.83. The van der Waals surface area contributed by atoms with E-state index in [4.69, 9.17) is 0 Å². The summed E-state index contributed by atoms with van der Waals surface area (Å²) in [6, 6.07) is 14.2. The number of amides is 1. The number of nitrogens with zero attached hydrogens (tertiary/aromatic N) is 2. The Hall–Kier alpha value is -2.73. The van der Waals surface area contributed by atoms with Gasteiger partial charge < -0.3 is 10.2 Å². The summed E-state index contributed by atoms with van der Waals surface area (Å²) >= 11 is 1.43. The van der Waals surface area contributed by atoms with Crippen LogP contribution in [0, 0.1) is 5.82 Å². The quantitative estimate of drug-likeness (QED) is 0.772. The Labute approximate surface area is 148 Å². The van der Waals surface area contributed by atoms with Crippen molar-refractivity contribution < 1.29 is 9.18 Å². The standard InChI is InChI=1S/C19H16FN3OS/c20-15-7-5-13(6-8-15)16-12-25-19(22-16)21-11-18(24)23-10-9-14-3-1-2-4-17(14)23/h1-8,12H,9-11H2,(H,21,22). The van der Waals surface area contributed by atoms with Gasteiger partial charge in [0, 0.05) is 23.2 Å². The molecule has 2 heterocycles. The van der Waals surface area contributed by atoms with E-state index in [0.29, 0.717) is 5.13 Å². The van der Waals surface area contributed by atoms with Crippen molar-refractivity contribution in [2.45, 2.75) is 6.42 Å². The molecule has 126 valence electrons. The van der Waals surface area contributed by atoms with E-state index in [2.05, 4.69) is 16.4 Å². The molecule has 4 rings (SSSR count). The maximum atomic E-state index is 13.0. The Morgan fingerprint density at radius 2 is 2.00 bits per heavy atom. The molecule has 0 saturated carbocycles. The molecular weight excluding hydrogens is 337 g/mol. The second-order valence-electron chi connectivity index (χ2n) is 5.82. The fraction of sp³-hybridized carbons (Fsp3) is 0.158. The van der Waals surface area contributed by atoms with Crippen LogP contribution in [0.1, 0.15) is 5.56 Å². The van der Waals surface area contributed by atoms with Crippen LogP contribution in [-0.4, -0.2) is 24.0 Å². The molecule has 1 aliphatic rings. The molecule has 0 spiro atoms. The summed E-state index contributed by atoms with van der Waals surface area (Å²) < 4.78 is 13.0. The number of hydrogen-bond donors (Lipinski definition) is 1. The largest absolute Gasteiger partial charge is 0.352 e. The Morgan fingerprint density at radius 1 is 1.20 bits per heavy atom. The monoisotopic (exact) mass is 353 g/mol. The number of nitrogens with one attached hydrogen (secondary N) is 1. The second kappa shape index (κ2) is 6.64. The number of hydrogen-bond acceptors (Lipinski definition) is 4. The Kier molecular flexibility index (Phi) is 4.19. The van der Waals surface area contributed by atoms with Crippen molar-refractivity contribution in [2.24, 2.45) is 0 Å². The van der Waals surface area contributed by atoms with Crippen LogP contribution in [0.4, 0.5) is 15.2 Å². The van der Waals surface area contributed by atoms with E-state index < -0.39 is 0 Å². The number of carbonyl (C=O) groups is 1. The van der Waals surface area contributed by atoms with E-state index in [1.165, 1.54) is 29.0 Å². The summed E-state index contributed by atoms with van der Waals surface area (Å²) in [7, 11) is 0. The molecule has 0 bridgehead atoms. The minimum absolute atomic E-state index is 0.0310. The zero-order chi connectivity index (χ0) is 17.2. The van der Waals surface area contributed by atoms with Gasteiger partial charge in [0.1, 0.15) is 5.82 Å². The van der Waals surface area contributed by atoms with E-state index in [9.17, 15) is 9.18 Å². The van der Waals surface area contributed by atoms with Crippen molar-refractivity contribution in [2.75, 3.05) is 23.3 Å². The topological polar surface area (TPSA) is 45.2 Å². The average molecular weight is 353 g/mol. The van der Waals surface area contributed by atoms with Crippen LogP contribution < -0.4 is 10.2 Å². The Balaban J connectivity index is 1.41. The lowest BCUT2D eigenvalue weighted by molar-refractivity contribution is -0.116. The molecule has 6 heteroatoms. The van der Waals surface area contributed by atoms with Gasteiger partial charge in [-0.2, -0.15) is 0 Å². The first-order valence-electron chi connectivity index (χ1n) is 8.04. The molecule has 0 unspecified atom stereocenters. The predicted octanol–water partition coefficient (Wildman–Crippen LogP) is 3.95. The molecule has 1 aromatic heterocycles. The van der Waals surface area contributed by atoms with Gasteiger partial charge in [0.15, 0.2) is 5.13 Å². The van der Waals surface area contributed by atoms with Crippen LogP contribution >= 0.6 is 11.3 Å². The van der Waals surface area contributed by atoms with Crippen molar-refractivity contribution >= 4 is 28.1 Å². The Morgan fingerprint density at radius 3 is 2.84 bits per heavy atom. The van der Waals surface area contributed by atoms with Gasteiger partial charge in [-0.15, -0.1) is 11.3 Å². The minimum atomic E-state index is -0.270. The molecule has 0 radical (unpaired) electrons. The summed E-state index contributed by atoms with van der Waals surface area (Å²) in [5, 5.41) is 5.67. The maximum absolute atomic E-state index is 13.0. The molecular formula is C19H16FN3OS. The zero-order valence-corrected chi connectivity index (χ0v) is 14.2. The number of para-hydroxylation sites is 1. The van der Waals surface area contributed by atoms with Crippen LogP contribution in [0.25, 0.3) is 11.3 Å². The van der Waals surface area contributed by atoms with Crippen LogP contribution in [-0.2, 0) is 11.2 Å². The van der Waals surface area contributed by atoms with E-state index in [1.807, 2.05) is 28.5 Å². The van der Waals surface area contributed by atoms with Crippen LogP contribution in [0.15, 0.2) is 53.9 Å². The van der Waals surface area contributed by atoms with Gasteiger partial charge >= 0.3 is 0 Å². The first-order chi connectivity index (χ1) is 12.2. The van der Waals surface area contributed by atoms with Gasteiger partial charge in [-0.3, -0.25) is 4.79 Å². The summed E-state index contributed by atoms with van der Waals surface area (Å²) in [4.78, 5) is 18.8. The summed E-state index contributed by atoms with van der Waals surface area (Å²) in [6.07, 6.45) is 0.897. The lowest BCUT2D eigenvalue weighted by Gasteiger charge is -2.17. The first kappa shape index (κ1) is 15.8. The second-order valence-corrected chi connectivity index (χ2v) is 6.68. The molecule has 4 nitrogen and oxygen atoms in total. The van der Waals surface area contributed by atoms with Crippen LogP contribution in [0.5, 0.6) is 0 Å². The summed E-state index contributed by atoms with van der Waals surface area (Å²) in [6.45, 7) is 0.920. The third-order valence-corrected chi connectivity index (χ3v) is 5.02. The molecule has 1 amide bonds. The maximum Gasteiger partial charge on any atom is 0.246 e. The van der Waals surface area contributed by atoms with Gasteiger partial charge in [0.2, 0.25) is 5.91 Å². The molecule has 3 aromatic rings. The van der Waals surface area contributed by atoms with Crippen LogP contribution in [0.3, 0.4) is 0 Å². The van der Waals surface area contributed by atoms with Crippen LogP contribution in [0.2, 0.25) is 0 Å². The van der Waals surface area contributed by atoms with Crippen molar-refractivity contribution in [1.82, 2.24) is 4.98 Å². The van der Waals surface area contributed by atoms with Gasteiger partial charge in [-0.05, 0) is 42.3 Å². The van der Waals surface area contributed by atoms with E-state index >= 15 is 0 Å². The number of halogens is 1. The summed E-state index contributed by atoms with van der Waals surface area (Å²) in [5.74, 6) is -0.239. The van der Waals surface area contributed by atoms with E-state index in [0.717, 1.165) is 29.9 Å². The van der Waals surface area contributed by atoms with Crippen molar-refractivity contribution in [3.63, 3.8) is 0 Å². The SMILES string of the molecule is O=C(CNc1nc(-c2ccc(F)cc2)cs1)N1CCc2ccccc21. The average Bonchev–Trinajstić information content (AvgIpc) is 3.27. The molecule has 1 aliphatic heterocycles. The highest BCUT2D eigenvalue weighted by molar-refractivity contribution is 7.14. The van der Waals surface area contributed by atoms with Gasteiger partial charge in [-0.25, -0.2) is 9.37 Å². The van der Waals surface area contributed by atoms with E-state index in [-0.39, 0.29) is 18.3 Å². The lowest BCUT2D eigenvalue weighted by atomic mass is 10.2. The van der Waals surface area contributed by atoms with Crippen molar-refractivity contribution in [3.05, 3.63) is 65.3 Å². The number of aromatic nitrogens is 1. The van der Waals surface area contributed by atoms with Gasteiger partial charge in [0.05, 0.1) is 12.2 Å². The molecule has 0 fully saturated rings. The number of benzene rings is 2. The fourth-order valence-electron chi connectivity index (χ4n) is 2.95. The smallest absolute Gasteiger partial charge is 0.246 e. The normalized spacial score (nSPS) is 12.9. The molecule has 2 aromatic carbocycles. The highest BCUT2D eigenvalue weighted by atomic mass is 32.1. The highest BCUT2D eigenvalue weighted by Crippen LogP contribution is 2.28. The van der Waals surface area contributed by atoms with Crippen molar-refractivity contribution in [1.29, 1.82) is 0 Å².